The summed E-state index contributed by atoms with van der Waals surface area (Å²) in [5.41, 5.74) is 1.74. The number of rotatable bonds is 4. The molecule has 10 nitrogen and oxygen atoms in total. The van der Waals surface area contributed by atoms with Gasteiger partial charge in [0, 0.05) is 56.0 Å². The van der Waals surface area contributed by atoms with Gasteiger partial charge < -0.3 is 9.80 Å². The second-order valence-electron chi connectivity index (χ2n) is 6.76. The number of likely N-dealkylation sites (N-methyl/N-ethyl adjacent to an activating group) is 1. The lowest BCUT2D eigenvalue weighted by atomic mass is 10.0. The summed E-state index contributed by atoms with van der Waals surface area (Å²) in [4.78, 5) is 13.6. The molecule has 1 aliphatic heterocycles. The Bertz CT molecular complexity index is 1060. The van der Waals surface area contributed by atoms with Crippen LogP contribution in [0.2, 0.25) is 0 Å². The molecule has 0 saturated carbocycles. The molecular formula is C17H20N8O2S. The van der Waals surface area contributed by atoms with Crippen LogP contribution in [0.3, 0.4) is 0 Å². The van der Waals surface area contributed by atoms with Crippen LogP contribution in [0.5, 0.6) is 0 Å². The molecule has 0 unspecified atom stereocenters. The molecule has 3 heterocycles. The maximum atomic E-state index is 12.3. The lowest BCUT2D eigenvalue weighted by molar-refractivity contribution is 0.311. The molecule has 3 aromatic rings. The molecule has 1 N–H and O–H groups in total. The van der Waals surface area contributed by atoms with Gasteiger partial charge in [-0.3, -0.25) is 0 Å². The largest absolute Gasteiger partial charge is 0.338 e. The lowest BCUT2D eigenvalue weighted by Crippen LogP contribution is -2.45. The molecule has 1 aromatic carbocycles. The van der Waals surface area contributed by atoms with Gasteiger partial charge in [-0.05, 0) is 29.1 Å². The predicted octanol–water partition coefficient (Wildman–Crippen LogP) is 0.479. The molecule has 4 rings (SSSR count). The molecule has 0 amide bonds. The normalized spacial score (nSPS) is 15.7. The van der Waals surface area contributed by atoms with Crippen molar-refractivity contribution in [3.05, 3.63) is 30.6 Å². The van der Waals surface area contributed by atoms with Crippen LogP contribution in [-0.2, 0) is 9.84 Å². The lowest BCUT2D eigenvalue weighted by Gasteiger charge is -2.32. The van der Waals surface area contributed by atoms with E-state index in [-0.39, 0.29) is 10.7 Å². The number of nitrogens with zero attached hydrogens (tertiary/aromatic N) is 7. The van der Waals surface area contributed by atoms with Gasteiger partial charge in [0.2, 0.25) is 5.95 Å². The molecule has 11 heteroatoms. The molecule has 1 saturated heterocycles. The average Bonchev–Trinajstić information content (AvgIpc) is 3.22. The molecule has 0 bridgehead atoms. The monoisotopic (exact) mass is 400 g/mol. The van der Waals surface area contributed by atoms with Crippen molar-refractivity contribution < 1.29 is 8.42 Å². The zero-order valence-corrected chi connectivity index (χ0v) is 16.4. The van der Waals surface area contributed by atoms with E-state index in [9.17, 15) is 8.42 Å². The quantitative estimate of drug-likeness (QED) is 0.666. The number of anilines is 1. The van der Waals surface area contributed by atoms with Gasteiger partial charge in [0.05, 0.1) is 4.90 Å². The molecule has 0 spiro atoms. The van der Waals surface area contributed by atoms with E-state index in [1.807, 2.05) is 0 Å². The molecule has 28 heavy (non-hydrogen) atoms. The van der Waals surface area contributed by atoms with Gasteiger partial charge in [0.15, 0.2) is 15.7 Å². The molecular weight excluding hydrogens is 380 g/mol. The van der Waals surface area contributed by atoms with Crippen molar-refractivity contribution in [1.82, 2.24) is 35.5 Å². The SMILES string of the molecule is CN1CCN(c2ncc(-c3cccc(S(C)(=O)=O)c3-c3nnn[nH]3)cn2)CC1. The topological polar surface area (TPSA) is 121 Å². The van der Waals surface area contributed by atoms with Crippen molar-refractivity contribution in [3.8, 4) is 22.5 Å². The van der Waals surface area contributed by atoms with Gasteiger partial charge in [-0.1, -0.05) is 12.1 Å². The van der Waals surface area contributed by atoms with E-state index in [2.05, 4.69) is 47.4 Å². The van der Waals surface area contributed by atoms with Crippen molar-refractivity contribution in [2.24, 2.45) is 0 Å². The Labute approximate surface area is 162 Å². The number of hydrogen-bond acceptors (Lipinski definition) is 9. The van der Waals surface area contributed by atoms with E-state index < -0.39 is 9.84 Å². The maximum Gasteiger partial charge on any atom is 0.225 e. The number of piperazine rings is 1. The number of H-pyrrole nitrogens is 1. The molecule has 2 aromatic heterocycles. The summed E-state index contributed by atoms with van der Waals surface area (Å²) in [6, 6.07) is 5.03. The first-order valence-corrected chi connectivity index (χ1v) is 10.7. The van der Waals surface area contributed by atoms with E-state index in [4.69, 9.17) is 0 Å². The van der Waals surface area contributed by atoms with E-state index in [1.165, 1.54) is 6.07 Å². The van der Waals surface area contributed by atoms with E-state index >= 15 is 0 Å². The Morgan fingerprint density at radius 1 is 1.07 bits per heavy atom. The first-order chi connectivity index (χ1) is 13.4. The smallest absolute Gasteiger partial charge is 0.225 e. The van der Waals surface area contributed by atoms with Crippen molar-refractivity contribution in [2.75, 3.05) is 44.4 Å². The van der Waals surface area contributed by atoms with Crippen LogP contribution < -0.4 is 4.90 Å². The number of nitrogens with one attached hydrogen (secondary N) is 1. The van der Waals surface area contributed by atoms with Crippen molar-refractivity contribution in [3.63, 3.8) is 0 Å². The standard InChI is InChI=1S/C17H20N8O2S/c1-24-6-8-25(9-7-24)17-18-10-12(11-19-17)13-4-3-5-14(28(2,26)27)15(13)16-20-22-23-21-16/h3-5,10-11H,6-9H2,1-2H3,(H,20,21,22,23). The Kier molecular flexibility index (Phi) is 4.77. The Hall–Kier alpha value is -2.92. The van der Waals surface area contributed by atoms with Crippen LogP contribution in [0, 0.1) is 0 Å². The highest BCUT2D eigenvalue weighted by Crippen LogP contribution is 2.34. The average molecular weight is 400 g/mol. The zero-order chi connectivity index (χ0) is 19.7. The van der Waals surface area contributed by atoms with Crippen molar-refractivity contribution >= 4 is 15.8 Å². The Morgan fingerprint density at radius 3 is 2.39 bits per heavy atom. The number of benzene rings is 1. The van der Waals surface area contributed by atoms with Crippen LogP contribution >= 0.6 is 0 Å². The van der Waals surface area contributed by atoms with E-state index in [1.54, 1.807) is 24.5 Å². The molecule has 0 radical (unpaired) electrons. The first kappa shape index (κ1) is 18.4. The molecule has 1 fully saturated rings. The van der Waals surface area contributed by atoms with Crippen molar-refractivity contribution in [2.45, 2.75) is 4.90 Å². The van der Waals surface area contributed by atoms with Gasteiger partial charge in [0.1, 0.15) is 0 Å². The fraction of sp³-hybridized carbons (Fsp3) is 0.353. The third-order valence-electron chi connectivity index (χ3n) is 4.74. The van der Waals surface area contributed by atoms with E-state index in [0.29, 0.717) is 22.6 Å². The number of sulfone groups is 1. The minimum atomic E-state index is -3.49. The summed E-state index contributed by atoms with van der Waals surface area (Å²) >= 11 is 0. The molecule has 146 valence electrons. The van der Waals surface area contributed by atoms with Gasteiger partial charge in [-0.2, -0.15) is 0 Å². The Morgan fingerprint density at radius 2 is 1.79 bits per heavy atom. The summed E-state index contributed by atoms with van der Waals surface area (Å²) in [6.45, 7) is 3.66. The predicted molar refractivity (Wildman–Crippen MR) is 103 cm³/mol. The third-order valence-corrected chi connectivity index (χ3v) is 5.88. The minimum Gasteiger partial charge on any atom is -0.338 e. The number of aromatic amines is 1. The highest BCUT2D eigenvalue weighted by Gasteiger charge is 2.22. The second kappa shape index (κ2) is 7.24. The third kappa shape index (κ3) is 3.58. The van der Waals surface area contributed by atoms with Crippen LogP contribution in [0.1, 0.15) is 0 Å². The molecule has 0 atom stereocenters. The molecule has 0 aliphatic carbocycles. The highest BCUT2D eigenvalue weighted by molar-refractivity contribution is 7.90. The summed E-state index contributed by atoms with van der Waals surface area (Å²) < 4.78 is 24.6. The zero-order valence-electron chi connectivity index (χ0n) is 15.6. The highest BCUT2D eigenvalue weighted by atomic mass is 32.2. The summed E-state index contributed by atoms with van der Waals surface area (Å²) in [5, 5.41) is 13.7. The number of hydrogen-bond donors (Lipinski definition) is 1. The first-order valence-electron chi connectivity index (χ1n) is 8.76. The number of tetrazole rings is 1. The van der Waals surface area contributed by atoms with Crippen LogP contribution in [0.4, 0.5) is 5.95 Å². The van der Waals surface area contributed by atoms with Gasteiger partial charge in [-0.25, -0.2) is 23.5 Å². The van der Waals surface area contributed by atoms with Gasteiger partial charge in [0.25, 0.3) is 0 Å². The van der Waals surface area contributed by atoms with Gasteiger partial charge >= 0.3 is 0 Å². The molecule has 1 aliphatic rings. The van der Waals surface area contributed by atoms with Crippen LogP contribution in [0.25, 0.3) is 22.5 Å². The maximum absolute atomic E-state index is 12.3. The van der Waals surface area contributed by atoms with Crippen LogP contribution in [-0.4, -0.2) is 83.4 Å². The second-order valence-corrected chi connectivity index (χ2v) is 8.75. The fourth-order valence-electron chi connectivity index (χ4n) is 3.22. The number of aromatic nitrogens is 6. The van der Waals surface area contributed by atoms with Crippen LogP contribution in [0.15, 0.2) is 35.5 Å². The Balaban J connectivity index is 1.75. The van der Waals surface area contributed by atoms with Gasteiger partial charge in [-0.15, -0.1) is 5.10 Å². The summed E-state index contributed by atoms with van der Waals surface area (Å²) in [5.74, 6) is 0.943. The fourth-order valence-corrected chi connectivity index (χ4v) is 4.12. The summed E-state index contributed by atoms with van der Waals surface area (Å²) in [6.07, 6.45) is 4.57. The minimum absolute atomic E-state index is 0.145. The van der Waals surface area contributed by atoms with E-state index in [0.717, 1.165) is 32.4 Å². The van der Waals surface area contributed by atoms with Crippen molar-refractivity contribution in [1.29, 1.82) is 0 Å². The summed E-state index contributed by atoms with van der Waals surface area (Å²) in [7, 11) is -1.40.